The summed E-state index contributed by atoms with van der Waals surface area (Å²) in [7, 11) is 0. The van der Waals surface area contributed by atoms with E-state index in [0.717, 1.165) is 26.4 Å². The number of para-hydroxylation sites is 1. The van der Waals surface area contributed by atoms with Crippen LogP contribution in [-0.2, 0) is 29.3 Å². The summed E-state index contributed by atoms with van der Waals surface area (Å²) in [6.07, 6.45) is 0.215. The molecule has 0 aliphatic heterocycles. The zero-order chi connectivity index (χ0) is 19.9. The fourth-order valence-corrected chi connectivity index (χ4v) is 3.75. The maximum atomic E-state index is 12.1. The van der Waals surface area contributed by atoms with Gasteiger partial charge in [-0.15, -0.1) is 11.3 Å². The summed E-state index contributed by atoms with van der Waals surface area (Å²) in [5.41, 5.74) is 5.32. The Kier molecular flexibility index (Phi) is 6.14. The average Bonchev–Trinajstić information content (AvgIpc) is 3.16. The van der Waals surface area contributed by atoms with Crippen molar-refractivity contribution in [3.8, 4) is 5.75 Å². The monoisotopic (exact) mass is 404 g/mol. The molecule has 6 heteroatoms. The zero-order valence-corrected chi connectivity index (χ0v) is 16.5. The standard InChI is InChI=1S/C23H20N2O3S/c26-22(25-28-15-17-7-2-1-3-8-17)14-18-9-6-10-19(13-18)27-16-23-24-20-11-4-5-12-21(20)29-23/h1-13H,14-16H2,(H,25,26). The Balaban J connectivity index is 1.28. The Labute approximate surface area is 172 Å². The lowest BCUT2D eigenvalue weighted by Crippen LogP contribution is -2.25. The molecule has 0 aliphatic carbocycles. The first-order chi connectivity index (χ1) is 14.3. The zero-order valence-electron chi connectivity index (χ0n) is 15.7. The Bertz CT molecular complexity index is 1060. The Morgan fingerprint density at radius 3 is 2.55 bits per heavy atom. The highest BCUT2D eigenvalue weighted by atomic mass is 32.1. The number of nitrogens with zero attached hydrogens (tertiary/aromatic N) is 1. The van der Waals surface area contributed by atoms with Crippen molar-refractivity contribution in [1.29, 1.82) is 0 Å². The van der Waals surface area contributed by atoms with Crippen LogP contribution in [0.4, 0.5) is 0 Å². The number of carbonyl (C=O) groups is 1. The van der Waals surface area contributed by atoms with E-state index in [1.165, 1.54) is 0 Å². The van der Waals surface area contributed by atoms with E-state index in [0.29, 0.717) is 19.0 Å². The second kappa shape index (κ2) is 9.32. The number of rotatable bonds is 8. The highest BCUT2D eigenvalue weighted by molar-refractivity contribution is 7.18. The second-order valence-electron chi connectivity index (χ2n) is 6.49. The molecular formula is C23H20N2O3S. The highest BCUT2D eigenvalue weighted by Crippen LogP contribution is 2.23. The van der Waals surface area contributed by atoms with E-state index >= 15 is 0 Å². The number of thiazole rings is 1. The SMILES string of the molecule is O=C(Cc1cccc(OCc2nc3ccccc3s2)c1)NOCc1ccccc1. The Morgan fingerprint density at radius 2 is 1.69 bits per heavy atom. The number of carbonyl (C=O) groups excluding carboxylic acids is 1. The third-order valence-electron chi connectivity index (χ3n) is 4.23. The molecule has 0 unspecified atom stereocenters. The van der Waals surface area contributed by atoms with E-state index in [-0.39, 0.29) is 12.3 Å². The lowest BCUT2D eigenvalue weighted by molar-refractivity contribution is -0.133. The van der Waals surface area contributed by atoms with Gasteiger partial charge in [0.15, 0.2) is 0 Å². The van der Waals surface area contributed by atoms with Gasteiger partial charge in [-0.3, -0.25) is 9.63 Å². The summed E-state index contributed by atoms with van der Waals surface area (Å²) in [6.45, 7) is 0.729. The molecule has 0 spiro atoms. The summed E-state index contributed by atoms with van der Waals surface area (Å²) in [5, 5.41) is 0.920. The lowest BCUT2D eigenvalue weighted by Gasteiger charge is -2.08. The van der Waals surface area contributed by atoms with Gasteiger partial charge in [0, 0.05) is 0 Å². The molecule has 0 saturated carbocycles. The van der Waals surface area contributed by atoms with Crippen LogP contribution in [0.5, 0.6) is 5.75 Å². The molecule has 5 nitrogen and oxygen atoms in total. The van der Waals surface area contributed by atoms with Crippen LogP contribution in [0.25, 0.3) is 10.2 Å². The Hall–Kier alpha value is -3.22. The molecule has 146 valence electrons. The van der Waals surface area contributed by atoms with Gasteiger partial charge in [0.1, 0.15) is 17.4 Å². The van der Waals surface area contributed by atoms with Gasteiger partial charge >= 0.3 is 0 Å². The summed E-state index contributed by atoms with van der Waals surface area (Å²) in [5.74, 6) is 0.504. The average molecular weight is 404 g/mol. The van der Waals surface area contributed by atoms with Gasteiger partial charge < -0.3 is 4.74 Å². The van der Waals surface area contributed by atoms with Crippen LogP contribution in [0.2, 0.25) is 0 Å². The van der Waals surface area contributed by atoms with Crippen LogP contribution in [0, 0.1) is 0 Å². The van der Waals surface area contributed by atoms with Crippen molar-refractivity contribution in [2.75, 3.05) is 0 Å². The molecule has 0 saturated heterocycles. The predicted molar refractivity (Wildman–Crippen MR) is 113 cm³/mol. The third-order valence-corrected chi connectivity index (χ3v) is 5.24. The molecule has 3 aromatic carbocycles. The molecule has 0 atom stereocenters. The fourth-order valence-electron chi connectivity index (χ4n) is 2.87. The van der Waals surface area contributed by atoms with Gasteiger partial charge in [0.2, 0.25) is 5.91 Å². The molecular weight excluding hydrogens is 384 g/mol. The maximum absolute atomic E-state index is 12.1. The number of hydrogen-bond donors (Lipinski definition) is 1. The normalized spacial score (nSPS) is 10.8. The maximum Gasteiger partial charge on any atom is 0.247 e. The van der Waals surface area contributed by atoms with Crippen molar-refractivity contribution < 1.29 is 14.4 Å². The van der Waals surface area contributed by atoms with Crippen LogP contribution in [0.3, 0.4) is 0 Å². The van der Waals surface area contributed by atoms with Gasteiger partial charge in [-0.05, 0) is 35.4 Å². The Morgan fingerprint density at radius 1 is 0.897 bits per heavy atom. The van der Waals surface area contributed by atoms with Crippen LogP contribution < -0.4 is 10.2 Å². The van der Waals surface area contributed by atoms with Crippen molar-refractivity contribution in [2.45, 2.75) is 19.6 Å². The number of benzene rings is 3. The minimum atomic E-state index is -0.204. The summed E-state index contributed by atoms with van der Waals surface area (Å²) >= 11 is 1.62. The topological polar surface area (TPSA) is 60.5 Å². The molecule has 1 N–H and O–H groups in total. The van der Waals surface area contributed by atoms with Crippen molar-refractivity contribution in [3.05, 3.63) is 95.0 Å². The third kappa shape index (κ3) is 5.40. The minimum absolute atomic E-state index is 0.204. The van der Waals surface area contributed by atoms with Crippen molar-refractivity contribution in [3.63, 3.8) is 0 Å². The molecule has 1 heterocycles. The molecule has 4 aromatic rings. The fraction of sp³-hybridized carbons (Fsp3) is 0.130. The van der Waals surface area contributed by atoms with E-state index in [1.54, 1.807) is 11.3 Å². The van der Waals surface area contributed by atoms with Crippen LogP contribution in [-0.4, -0.2) is 10.9 Å². The van der Waals surface area contributed by atoms with Gasteiger partial charge in [-0.1, -0.05) is 54.6 Å². The number of aromatic nitrogens is 1. The van der Waals surface area contributed by atoms with Crippen molar-refractivity contribution >= 4 is 27.5 Å². The van der Waals surface area contributed by atoms with Crippen molar-refractivity contribution in [1.82, 2.24) is 10.5 Å². The lowest BCUT2D eigenvalue weighted by atomic mass is 10.1. The number of fused-ring (bicyclic) bond motifs is 1. The van der Waals surface area contributed by atoms with Crippen LogP contribution >= 0.6 is 11.3 Å². The van der Waals surface area contributed by atoms with E-state index in [4.69, 9.17) is 9.57 Å². The molecule has 0 radical (unpaired) electrons. The van der Waals surface area contributed by atoms with E-state index in [2.05, 4.69) is 16.5 Å². The molecule has 0 aliphatic rings. The first-order valence-electron chi connectivity index (χ1n) is 9.27. The molecule has 1 aromatic heterocycles. The number of amides is 1. The summed E-state index contributed by atoms with van der Waals surface area (Å²) < 4.78 is 7.01. The minimum Gasteiger partial charge on any atom is -0.486 e. The molecule has 4 rings (SSSR count). The molecule has 1 amide bonds. The van der Waals surface area contributed by atoms with Crippen LogP contribution in [0.1, 0.15) is 16.1 Å². The second-order valence-corrected chi connectivity index (χ2v) is 7.60. The summed E-state index contributed by atoms with van der Waals surface area (Å²) in [6, 6.07) is 25.2. The smallest absolute Gasteiger partial charge is 0.247 e. The predicted octanol–water partition coefficient (Wildman–Crippen LogP) is 4.67. The van der Waals surface area contributed by atoms with Gasteiger partial charge in [-0.2, -0.15) is 0 Å². The summed E-state index contributed by atoms with van der Waals surface area (Å²) in [4.78, 5) is 22.0. The quantitative estimate of drug-likeness (QED) is 0.434. The van der Waals surface area contributed by atoms with Crippen molar-refractivity contribution in [2.24, 2.45) is 0 Å². The molecule has 29 heavy (non-hydrogen) atoms. The van der Waals surface area contributed by atoms with Gasteiger partial charge in [-0.25, -0.2) is 10.5 Å². The number of hydrogen-bond acceptors (Lipinski definition) is 5. The number of nitrogens with one attached hydrogen (secondary N) is 1. The van der Waals surface area contributed by atoms with E-state index < -0.39 is 0 Å². The number of ether oxygens (including phenoxy) is 1. The largest absolute Gasteiger partial charge is 0.486 e. The van der Waals surface area contributed by atoms with Gasteiger partial charge in [0.05, 0.1) is 23.2 Å². The first-order valence-corrected chi connectivity index (χ1v) is 10.1. The van der Waals surface area contributed by atoms with Crippen LogP contribution in [0.15, 0.2) is 78.9 Å². The van der Waals surface area contributed by atoms with E-state index in [1.807, 2.05) is 72.8 Å². The highest BCUT2D eigenvalue weighted by Gasteiger charge is 2.07. The van der Waals surface area contributed by atoms with E-state index in [9.17, 15) is 4.79 Å². The molecule has 0 bridgehead atoms. The molecule has 0 fully saturated rings. The first kappa shape index (κ1) is 19.1. The number of hydroxylamine groups is 1. The van der Waals surface area contributed by atoms with Gasteiger partial charge in [0.25, 0.3) is 0 Å².